The lowest BCUT2D eigenvalue weighted by Gasteiger charge is -2.15. The molecule has 0 aliphatic rings. The molecule has 0 spiro atoms. The Morgan fingerprint density at radius 3 is 2.54 bits per heavy atom. The van der Waals surface area contributed by atoms with Gasteiger partial charge in [-0.15, -0.1) is 0 Å². The molecule has 1 aromatic carbocycles. The van der Waals surface area contributed by atoms with E-state index in [2.05, 4.69) is 23.6 Å². The van der Waals surface area contributed by atoms with Gasteiger partial charge in [0.1, 0.15) is 5.75 Å². The van der Waals surface area contributed by atoms with Crippen molar-refractivity contribution in [2.75, 3.05) is 6.61 Å². The summed E-state index contributed by atoms with van der Waals surface area (Å²) >= 11 is 0. The summed E-state index contributed by atoms with van der Waals surface area (Å²) in [4.78, 5) is 15.3. The lowest BCUT2D eigenvalue weighted by atomic mass is 9.99. The van der Waals surface area contributed by atoms with Crippen molar-refractivity contribution in [3.05, 3.63) is 30.0 Å². The second-order valence-corrected chi connectivity index (χ2v) is 5.83. The van der Waals surface area contributed by atoms with Crippen LogP contribution in [0, 0.1) is 5.92 Å². The first-order chi connectivity index (χ1) is 11.5. The topological polar surface area (TPSA) is 51.3 Å². The second kappa shape index (κ2) is 8.66. The molecule has 2 rings (SSSR count). The van der Waals surface area contributed by atoms with Crippen LogP contribution in [0.4, 0.5) is 8.78 Å². The third-order valence-electron chi connectivity index (χ3n) is 3.94. The van der Waals surface area contributed by atoms with Gasteiger partial charge in [0.15, 0.2) is 0 Å². The average molecular weight is 339 g/mol. The molecule has 0 aliphatic heterocycles. The molecule has 1 heterocycles. The fraction of sp³-hybridized carbons (Fsp3) is 0.500. The molecule has 2 aromatic rings. The predicted molar refractivity (Wildman–Crippen MR) is 88.5 cm³/mol. The van der Waals surface area contributed by atoms with Crippen LogP contribution in [0.5, 0.6) is 5.75 Å². The molecule has 1 N–H and O–H groups in total. The molecule has 0 fully saturated rings. The Bertz CT molecular complexity index is 663. The first-order valence-electron chi connectivity index (χ1n) is 8.28. The zero-order valence-electron chi connectivity index (χ0n) is 14.0. The molecule has 132 valence electrons. The highest BCUT2D eigenvalue weighted by Crippen LogP contribution is 2.26. The Labute approximate surface area is 140 Å². The molecule has 0 aliphatic carbocycles. The van der Waals surface area contributed by atoms with Crippen LogP contribution in [0.2, 0.25) is 0 Å². The van der Waals surface area contributed by atoms with Crippen molar-refractivity contribution in [3.63, 3.8) is 0 Å². The van der Waals surface area contributed by atoms with Crippen LogP contribution in [0.15, 0.2) is 24.4 Å². The average Bonchev–Trinajstić information content (AvgIpc) is 2.95. The van der Waals surface area contributed by atoms with E-state index in [9.17, 15) is 13.6 Å². The van der Waals surface area contributed by atoms with Crippen molar-refractivity contribution in [3.8, 4) is 5.75 Å². The van der Waals surface area contributed by atoms with Gasteiger partial charge in [0, 0.05) is 17.1 Å². The fourth-order valence-electron chi connectivity index (χ4n) is 2.84. The highest BCUT2D eigenvalue weighted by molar-refractivity contribution is 6.04. The molecular formula is C18H23F2NO3. The number of alkyl halides is 2. The number of esters is 1. The standard InChI is InChI=1S/C18H23F2NO3/c1-3-5-12(6-4-2)11-23-17(22)15-10-21-16-8-7-13(9-14(15)16)24-18(19)20/h7-10,12,18,21H,3-6,11H2,1-2H3. The van der Waals surface area contributed by atoms with Crippen LogP contribution < -0.4 is 4.74 Å². The van der Waals surface area contributed by atoms with Crippen molar-refractivity contribution < 1.29 is 23.0 Å². The van der Waals surface area contributed by atoms with Gasteiger partial charge < -0.3 is 14.5 Å². The van der Waals surface area contributed by atoms with Gasteiger partial charge in [-0.05, 0) is 37.0 Å². The molecule has 24 heavy (non-hydrogen) atoms. The first kappa shape index (κ1) is 18.2. The molecule has 0 saturated heterocycles. The molecule has 0 atom stereocenters. The Morgan fingerprint density at radius 1 is 1.21 bits per heavy atom. The minimum Gasteiger partial charge on any atom is -0.462 e. The van der Waals surface area contributed by atoms with E-state index in [0.717, 1.165) is 25.7 Å². The number of carbonyl (C=O) groups excluding carboxylic acids is 1. The molecule has 6 heteroatoms. The summed E-state index contributed by atoms with van der Waals surface area (Å²) in [6, 6.07) is 4.45. The predicted octanol–water partition coefficient (Wildman–Crippen LogP) is 5.14. The Kier molecular flexibility index (Phi) is 6.58. The minimum absolute atomic E-state index is 0.0148. The summed E-state index contributed by atoms with van der Waals surface area (Å²) in [7, 11) is 0. The first-order valence-corrected chi connectivity index (χ1v) is 8.28. The number of carbonyl (C=O) groups is 1. The number of benzene rings is 1. The van der Waals surface area contributed by atoms with E-state index in [1.807, 2.05) is 0 Å². The van der Waals surface area contributed by atoms with Crippen LogP contribution in [0.25, 0.3) is 10.9 Å². The molecule has 0 saturated carbocycles. The Hall–Kier alpha value is -2.11. The van der Waals surface area contributed by atoms with Gasteiger partial charge in [-0.1, -0.05) is 26.7 Å². The number of ether oxygens (including phenoxy) is 2. The fourth-order valence-corrected chi connectivity index (χ4v) is 2.84. The number of nitrogens with one attached hydrogen (secondary N) is 1. The largest absolute Gasteiger partial charge is 0.462 e. The van der Waals surface area contributed by atoms with Crippen LogP contribution in [-0.2, 0) is 4.74 Å². The van der Waals surface area contributed by atoms with E-state index in [0.29, 0.717) is 29.0 Å². The normalized spacial score (nSPS) is 11.4. The third kappa shape index (κ3) is 4.69. The zero-order valence-corrected chi connectivity index (χ0v) is 14.0. The lowest BCUT2D eigenvalue weighted by Crippen LogP contribution is -2.14. The molecule has 1 aromatic heterocycles. The summed E-state index contributed by atoms with van der Waals surface area (Å²) in [5, 5.41) is 0.515. The van der Waals surface area contributed by atoms with Gasteiger partial charge >= 0.3 is 12.6 Å². The minimum atomic E-state index is -2.90. The molecule has 0 bridgehead atoms. The number of aromatic nitrogens is 1. The van der Waals surface area contributed by atoms with Gasteiger partial charge in [-0.2, -0.15) is 8.78 Å². The van der Waals surface area contributed by atoms with Gasteiger partial charge in [-0.3, -0.25) is 0 Å². The second-order valence-electron chi connectivity index (χ2n) is 5.83. The van der Waals surface area contributed by atoms with E-state index in [-0.39, 0.29) is 5.75 Å². The van der Waals surface area contributed by atoms with Crippen molar-refractivity contribution >= 4 is 16.9 Å². The van der Waals surface area contributed by atoms with Crippen LogP contribution in [0.3, 0.4) is 0 Å². The van der Waals surface area contributed by atoms with E-state index >= 15 is 0 Å². The maximum Gasteiger partial charge on any atom is 0.387 e. The molecule has 4 nitrogen and oxygen atoms in total. The summed E-state index contributed by atoms with van der Waals surface area (Å²) in [5.74, 6) is -0.0828. The maximum absolute atomic E-state index is 12.3. The lowest BCUT2D eigenvalue weighted by molar-refractivity contribution is -0.0497. The summed E-state index contributed by atoms with van der Waals surface area (Å²) in [5.41, 5.74) is 0.999. The maximum atomic E-state index is 12.3. The van der Waals surface area contributed by atoms with E-state index < -0.39 is 12.6 Å². The number of halogens is 2. The van der Waals surface area contributed by atoms with E-state index in [4.69, 9.17) is 4.74 Å². The zero-order chi connectivity index (χ0) is 17.5. The number of aromatic amines is 1. The quantitative estimate of drug-likeness (QED) is 0.643. The van der Waals surface area contributed by atoms with Crippen LogP contribution >= 0.6 is 0 Å². The smallest absolute Gasteiger partial charge is 0.387 e. The summed E-state index contributed by atoms with van der Waals surface area (Å²) in [6.07, 6.45) is 5.66. The van der Waals surface area contributed by atoms with Gasteiger partial charge in [0.2, 0.25) is 0 Å². The molecule has 0 unspecified atom stereocenters. The molecule has 0 radical (unpaired) electrons. The van der Waals surface area contributed by atoms with Crippen LogP contribution in [-0.4, -0.2) is 24.2 Å². The van der Waals surface area contributed by atoms with Crippen molar-refractivity contribution in [1.29, 1.82) is 0 Å². The molecule has 0 amide bonds. The highest BCUT2D eigenvalue weighted by atomic mass is 19.3. The molecular weight excluding hydrogens is 316 g/mol. The van der Waals surface area contributed by atoms with E-state index in [1.165, 1.54) is 18.3 Å². The van der Waals surface area contributed by atoms with Gasteiger partial charge in [0.25, 0.3) is 0 Å². The van der Waals surface area contributed by atoms with E-state index in [1.54, 1.807) is 6.07 Å². The number of H-pyrrole nitrogens is 1. The highest BCUT2D eigenvalue weighted by Gasteiger charge is 2.17. The Morgan fingerprint density at radius 2 is 1.92 bits per heavy atom. The number of hydrogen-bond acceptors (Lipinski definition) is 3. The van der Waals surface area contributed by atoms with Crippen molar-refractivity contribution in [1.82, 2.24) is 4.98 Å². The monoisotopic (exact) mass is 339 g/mol. The number of fused-ring (bicyclic) bond motifs is 1. The number of rotatable bonds is 9. The number of hydrogen-bond donors (Lipinski definition) is 1. The van der Waals surface area contributed by atoms with Crippen LogP contribution in [0.1, 0.15) is 49.9 Å². The SMILES string of the molecule is CCCC(CCC)COC(=O)c1c[nH]c2ccc(OC(F)F)cc12. The third-order valence-corrected chi connectivity index (χ3v) is 3.94. The Balaban J connectivity index is 2.11. The van der Waals surface area contributed by atoms with Gasteiger partial charge in [0.05, 0.1) is 12.2 Å². The van der Waals surface area contributed by atoms with Gasteiger partial charge in [-0.25, -0.2) is 4.79 Å². The summed E-state index contributed by atoms with van der Waals surface area (Å²) in [6.45, 7) is 1.68. The summed E-state index contributed by atoms with van der Waals surface area (Å²) < 4.78 is 34.5. The van der Waals surface area contributed by atoms with Crippen molar-refractivity contribution in [2.24, 2.45) is 5.92 Å². The van der Waals surface area contributed by atoms with Crippen molar-refractivity contribution in [2.45, 2.75) is 46.1 Å².